The van der Waals surface area contributed by atoms with Crippen LogP contribution in [0.4, 0.5) is 5.69 Å². The van der Waals surface area contributed by atoms with Crippen LogP contribution in [0.3, 0.4) is 0 Å². The van der Waals surface area contributed by atoms with Crippen LogP contribution in [-0.4, -0.2) is 19.0 Å². The second kappa shape index (κ2) is 6.11. The lowest BCUT2D eigenvalue weighted by Gasteiger charge is -2.30. The fourth-order valence-electron chi connectivity index (χ4n) is 2.99. The van der Waals surface area contributed by atoms with Crippen LogP contribution in [-0.2, 0) is 11.2 Å². The molecule has 1 N–H and O–H groups in total. The molecule has 1 aromatic carbocycles. The van der Waals surface area contributed by atoms with Crippen LogP contribution in [0.2, 0.25) is 0 Å². The van der Waals surface area contributed by atoms with Crippen molar-refractivity contribution < 1.29 is 9.21 Å². The molecular weight excluding hydrogens is 288 g/mol. The maximum absolute atomic E-state index is 12.2. The summed E-state index contributed by atoms with van der Waals surface area (Å²) in [6.07, 6.45) is 2.72. The first kappa shape index (κ1) is 15.7. The highest BCUT2D eigenvalue weighted by molar-refractivity contribution is 5.81. The van der Waals surface area contributed by atoms with Crippen molar-refractivity contribution in [1.82, 2.24) is 5.32 Å². The monoisotopic (exact) mass is 312 g/mol. The number of hydrogen-bond acceptors (Lipinski definition) is 3. The summed E-state index contributed by atoms with van der Waals surface area (Å²) < 4.78 is 5.65. The number of nitrogens with zero attached hydrogens (tertiary/aromatic N) is 1. The zero-order chi connectivity index (χ0) is 16.4. The molecule has 4 nitrogen and oxygen atoms in total. The molecule has 1 aliphatic rings. The van der Waals surface area contributed by atoms with Crippen LogP contribution in [0.15, 0.2) is 47.1 Å². The van der Waals surface area contributed by atoms with Gasteiger partial charge in [-0.2, -0.15) is 0 Å². The van der Waals surface area contributed by atoms with Crippen molar-refractivity contribution in [1.29, 1.82) is 0 Å². The zero-order valence-corrected chi connectivity index (χ0v) is 14.0. The van der Waals surface area contributed by atoms with Gasteiger partial charge in [-0.05, 0) is 30.2 Å². The van der Waals surface area contributed by atoms with Crippen LogP contribution >= 0.6 is 0 Å². The molecule has 0 spiro atoms. The van der Waals surface area contributed by atoms with Gasteiger partial charge in [0.15, 0.2) is 0 Å². The number of carbonyl (C=O) groups is 1. The third-order valence-electron chi connectivity index (χ3n) is 4.31. The largest absolute Gasteiger partial charge is 0.467 e. The van der Waals surface area contributed by atoms with Crippen LogP contribution in [0.1, 0.15) is 38.1 Å². The van der Waals surface area contributed by atoms with E-state index in [2.05, 4.69) is 34.5 Å². The van der Waals surface area contributed by atoms with Crippen molar-refractivity contribution in [2.24, 2.45) is 5.41 Å². The molecular formula is C19H24N2O2. The van der Waals surface area contributed by atoms with Crippen molar-refractivity contribution in [3.8, 4) is 0 Å². The van der Waals surface area contributed by atoms with Gasteiger partial charge in [-0.25, -0.2) is 0 Å². The van der Waals surface area contributed by atoms with E-state index in [1.54, 1.807) is 6.26 Å². The van der Waals surface area contributed by atoms with Gasteiger partial charge < -0.3 is 14.6 Å². The van der Waals surface area contributed by atoms with Crippen molar-refractivity contribution in [3.63, 3.8) is 0 Å². The van der Waals surface area contributed by atoms with E-state index in [-0.39, 0.29) is 11.9 Å². The van der Waals surface area contributed by atoms with Crippen LogP contribution in [0.25, 0.3) is 0 Å². The van der Waals surface area contributed by atoms with Crippen molar-refractivity contribution in [2.45, 2.75) is 33.2 Å². The summed E-state index contributed by atoms with van der Waals surface area (Å²) in [6, 6.07) is 12.3. The average molecular weight is 312 g/mol. The van der Waals surface area contributed by atoms with Crippen molar-refractivity contribution >= 4 is 11.6 Å². The Balaban J connectivity index is 1.82. The molecule has 1 aromatic heterocycles. The molecule has 122 valence electrons. The number of nitrogens with one attached hydrogen (secondary N) is 1. The molecule has 0 bridgehead atoms. The lowest BCUT2D eigenvalue weighted by molar-refractivity contribution is -0.128. The topological polar surface area (TPSA) is 45.5 Å². The lowest BCUT2D eigenvalue weighted by atomic mass is 9.95. The fourth-order valence-corrected chi connectivity index (χ4v) is 2.99. The second-order valence-electron chi connectivity index (χ2n) is 7.06. The second-order valence-corrected chi connectivity index (χ2v) is 7.06. The predicted octanol–water partition coefficient (Wildman–Crippen LogP) is 3.55. The van der Waals surface area contributed by atoms with Gasteiger partial charge in [0.2, 0.25) is 5.91 Å². The maximum Gasteiger partial charge on any atom is 0.225 e. The number of anilines is 1. The molecule has 23 heavy (non-hydrogen) atoms. The molecule has 0 saturated carbocycles. The van der Waals surface area contributed by atoms with Gasteiger partial charge in [0, 0.05) is 24.2 Å². The van der Waals surface area contributed by atoms with E-state index in [1.807, 2.05) is 32.9 Å². The summed E-state index contributed by atoms with van der Waals surface area (Å²) in [5, 5.41) is 3.08. The zero-order valence-electron chi connectivity index (χ0n) is 14.0. The molecule has 1 amide bonds. The van der Waals surface area contributed by atoms with Gasteiger partial charge >= 0.3 is 0 Å². The van der Waals surface area contributed by atoms with Gasteiger partial charge in [-0.15, -0.1) is 0 Å². The third-order valence-corrected chi connectivity index (χ3v) is 4.31. The normalized spacial score (nSPS) is 15.3. The molecule has 0 aliphatic carbocycles. The number of rotatable bonds is 4. The molecule has 1 unspecified atom stereocenters. The van der Waals surface area contributed by atoms with E-state index < -0.39 is 5.41 Å². The Kier molecular flexibility index (Phi) is 4.16. The first-order chi connectivity index (χ1) is 11.0. The summed E-state index contributed by atoms with van der Waals surface area (Å²) in [5.41, 5.74) is 2.20. The Morgan fingerprint density at radius 2 is 2.04 bits per heavy atom. The molecule has 2 aromatic rings. The molecule has 1 atom stereocenters. The number of furan rings is 1. The van der Waals surface area contributed by atoms with Crippen LogP contribution < -0.4 is 10.2 Å². The number of hydrogen-bond donors (Lipinski definition) is 1. The highest BCUT2D eigenvalue weighted by Gasteiger charge is 2.30. The lowest BCUT2D eigenvalue weighted by Crippen LogP contribution is -2.41. The quantitative estimate of drug-likeness (QED) is 0.939. The minimum atomic E-state index is -0.392. The SMILES string of the molecule is CC(C)(C)C(=O)NCC(c1ccco1)N1CCc2ccccc21. The minimum Gasteiger partial charge on any atom is -0.467 e. The Morgan fingerprint density at radius 3 is 2.74 bits per heavy atom. The summed E-state index contributed by atoms with van der Waals surface area (Å²) in [6.45, 7) is 7.26. The summed E-state index contributed by atoms with van der Waals surface area (Å²) in [4.78, 5) is 14.6. The van der Waals surface area contributed by atoms with Gasteiger partial charge in [0.1, 0.15) is 11.8 Å². The molecule has 1 aliphatic heterocycles. The van der Waals surface area contributed by atoms with Crippen LogP contribution in [0.5, 0.6) is 0 Å². The summed E-state index contributed by atoms with van der Waals surface area (Å²) in [5.74, 6) is 0.942. The number of para-hydroxylation sites is 1. The number of amides is 1. The smallest absolute Gasteiger partial charge is 0.225 e. The maximum atomic E-state index is 12.2. The molecule has 2 heterocycles. The van der Waals surface area contributed by atoms with E-state index in [0.717, 1.165) is 18.7 Å². The molecule has 0 radical (unpaired) electrons. The van der Waals surface area contributed by atoms with E-state index in [9.17, 15) is 4.79 Å². The van der Waals surface area contributed by atoms with Crippen molar-refractivity contribution in [3.05, 3.63) is 54.0 Å². The minimum absolute atomic E-state index is 0.0138. The third kappa shape index (κ3) is 3.26. The Morgan fingerprint density at radius 1 is 1.26 bits per heavy atom. The average Bonchev–Trinajstić information content (AvgIpc) is 3.16. The van der Waals surface area contributed by atoms with E-state index in [4.69, 9.17) is 4.42 Å². The Bertz CT molecular complexity index is 671. The highest BCUT2D eigenvalue weighted by Crippen LogP contribution is 2.35. The number of carbonyl (C=O) groups excluding carboxylic acids is 1. The van der Waals surface area contributed by atoms with Gasteiger partial charge in [0.25, 0.3) is 0 Å². The molecule has 0 saturated heterocycles. The predicted molar refractivity (Wildman–Crippen MR) is 91.4 cm³/mol. The van der Waals surface area contributed by atoms with E-state index >= 15 is 0 Å². The number of fused-ring (bicyclic) bond motifs is 1. The van der Waals surface area contributed by atoms with Crippen LogP contribution in [0, 0.1) is 5.41 Å². The highest BCUT2D eigenvalue weighted by atomic mass is 16.3. The number of benzene rings is 1. The van der Waals surface area contributed by atoms with Gasteiger partial charge in [-0.3, -0.25) is 4.79 Å². The first-order valence-electron chi connectivity index (χ1n) is 8.13. The van der Waals surface area contributed by atoms with Gasteiger partial charge in [0.05, 0.1) is 6.26 Å². The van der Waals surface area contributed by atoms with Gasteiger partial charge in [-0.1, -0.05) is 39.0 Å². The van der Waals surface area contributed by atoms with Crippen molar-refractivity contribution in [2.75, 3.05) is 18.0 Å². The fraction of sp³-hybridized carbons (Fsp3) is 0.421. The summed E-state index contributed by atoms with van der Waals surface area (Å²) >= 11 is 0. The first-order valence-corrected chi connectivity index (χ1v) is 8.13. The molecule has 0 fully saturated rings. The standard InChI is InChI=1S/C19H24N2O2/c1-19(2,3)18(22)20-13-16(17-9-6-12-23-17)21-11-10-14-7-4-5-8-15(14)21/h4-9,12,16H,10-11,13H2,1-3H3,(H,20,22). The Labute approximate surface area is 137 Å². The van der Waals surface area contributed by atoms with E-state index in [0.29, 0.717) is 6.54 Å². The molecule has 3 rings (SSSR count). The molecule has 4 heteroatoms. The summed E-state index contributed by atoms with van der Waals surface area (Å²) in [7, 11) is 0. The van der Waals surface area contributed by atoms with E-state index in [1.165, 1.54) is 11.3 Å². The Hall–Kier alpha value is -2.23.